The number of hydrogen-bond acceptors (Lipinski definition) is 2. The molecule has 25 heavy (non-hydrogen) atoms. The van der Waals surface area contributed by atoms with Crippen LogP contribution in [-0.2, 0) is 6.42 Å². The molecule has 2 aromatic carbocycles. The van der Waals surface area contributed by atoms with Gasteiger partial charge in [-0.05, 0) is 36.8 Å². The number of hydrogen-bond donors (Lipinski definition) is 2. The molecule has 0 aliphatic heterocycles. The van der Waals surface area contributed by atoms with Gasteiger partial charge >= 0.3 is 0 Å². The molecule has 0 aliphatic carbocycles. The van der Waals surface area contributed by atoms with Gasteiger partial charge in [-0.3, -0.25) is 9.89 Å². The van der Waals surface area contributed by atoms with Crippen LogP contribution >= 0.6 is 28.3 Å². The van der Waals surface area contributed by atoms with Crippen LogP contribution < -0.4 is 5.56 Å². The van der Waals surface area contributed by atoms with Crippen molar-refractivity contribution in [3.05, 3.63) is 80.2 Å². The van der Waals surface area contributed by atoms with E-state index in [2.05, 4.69) is 31.0 Å². The van der Waals surface area contributed by atoms with Crippen molar-refractivity contribution in [2.75, 3.05) is 0 Å². The molecule has 7 heteroatoms. The highest BCUT2D eigenvalue weighted by molar-refractivity contribution is 9.10. The minimum absolute atomic E-state index is 0. The molecule has 0 saturated carbocycles. The van der Waals surface area contributed by atoms with Crippen LogP contribution in [0.5, 0.6) is 0 Å². The van der Waals surface area contributed by atoms with Crippen molar-refractivity contribution in [3.8, 4) is 5.95 Å². The second-order valence-electron chi connectivity index (χ2n) is 5.74. The second kappa shape index (κ2) is 6.90. The maximum atomic E-state index is 12.8. The van der Waals surface area contributed by atoms with Gasteiger partial charge in [0.15, 0.2) is 0 Å². The van der Waals surface area contributed by atoms with Gasteiger partial charge in [0.05, 0.1) is 11.0 Å². The molecular weight excluding hydrogens is 404 g/mol. The van der Waals surface area contributed by atoms with E-state index in [4.69, 9.17) is 0 Å². The van der Waals surface area contributed by atoms with Crippen LogP contribution in [0.25, 0.3) is 17.0 Å². The number of nitrogens with one attached hydrogen (secondary N) is 2. The van der Waals surface area contributed by atoms with Crippen LogP contribution in [-0.4, -0.2) is 19.7 Å². The minimum atomic E-state index is -0.0746. The Kier molecular flexibility index (Phi) is 4.83. The van der Waals surface area contributed by atoms with Gasteiger partial charge in [0.25, 0.3) is 5.56 Å². The van der Waals surface area contributed by atoms with Crippen molar-refractivity contribution in [1.82, 2.24) is 19.7 Å². The fourth-order valence-corrected chi connectivity index (χ4v) is 3.05. The molecule has 0 radical (unpaired) electrons. The first-order chi connectivity index (χ1) is 11.6. The number of fused-ring (bicyclic) bond motifs is 1. The fourth-order valence-electron chi connectivity index (χ4n) is 2.79. The first-order valence-corrected chi connectivity index (χ1v) is 8.41. The number of benzene rings is 2. The number of aryl methyl sites for hydroxylation is 1. The van der Waals surface area contributed by atoms with Crippen LogP contribution in [0.4, 0.5) is 0 Å². The Bertz CT molecular complexity index is 1050. The summed E-state index contributed by atoms with van der Waals surface area (Å²) in [5.74, 6) is 0.506. The number of para-hydroxylation sites is 2. The van der Waals surface area contributed by atoms with Gasteiger partial charge in [-0.1, -0.05) is 40.2 Å². The quantitative estimate of drug-likeness (QED) is 0.524. The standard InChI is InChI=1S/C18H15BrN4O.ClH/c1-11-14(10-12-6-8-13(19)9-7-12)17(24)23(22-11)18-20-15-4-2-3-5-16(15)21-18;/h2-9,22H,10H2,1H3,(H,20,21);1H. The third kappa shape index (κ3) is 3.27. The molecular formula is C18H16BrClN4O. The fraction of sp³-hybridized carbons (Fsp3) is 0.111. The highest BCUT2D eigenvalue weighted by Crippen LogP contribution is 2.16. The summed E-state index contributed by atoms with van der Waals surface area (Å²) >= 11 is 3.43. The number of halogens is 2. The molecule has 0 fully saturated rings. The molecule has 4 aromatic rings. The molecule has 0 amide bonds. The van der Waals surface area contributed by atoms with Crippen LogP contribution in [0, 0.1) is 6.92 Å². The number of nitrogens with zero attached hydrogens (tertiary/aromatic N) is 2. The monoisotopic (exact) mass is 418 g/mol. The smallest absolute Gasteiger partial charge is 0.277 e. The average molecular weight is 420 g/mol. The molecule has 2 aromatic heterocycles. The number of rotatable bonds is 3. The first kappa shape index (κ1) is 17.5. The predicted molar refractivity (Wildman–Crippen MR) is 105 cm³/mol. The summed E-state index contributed by atoms with van der Waals surface area (Å²) in [6, 6.07) is 15.7. The number of H-pyrrole nitrogens is 2. The summed E-state index contributed by atoms with van der Waals surface area (Å²) in [5.41, 5.74) is 4.35. The lowest BCUT2D eigenvalue weighted by Gasteiger charge is -1.99. The van der Waals surface area contributed by atoms with Gasteiger partial charge in [0, 0.05) is 22.2 Å². The van der Waals surface area contributed by atoms with E-state index in [1.165, 1.54) is 4.68 Å². The second-order valence-corrected chi connectivity index (χ2v) is 6.65. The maximum Gasteiger partial charge on any atom is 0.277 e. The summed E-state index contributed by atoms with van der Waals surface area (Å²) in [6.45, 7) is 1.91. The maximum absolute atomic E-state index is 12.8. The SMILES string of the molecule is Cc1[nH]n(-c2nc3ccccc3[nH]2)c(=O)c1Cc1ccc(Br)cc1.Cl. The Morgan fingerprint density at radius 2 is 1.84 bits per heavy atom. The number of imidazole rings is 1. The van der Waals surface area contributed by atoms with E-state index in [1.54, 1.807) is 0 Å². The van der Waals surface area contributed by atoms with E-state index >= 15 is 0 Å². The van der Waals surface area contributed by atoms with E-state index < -0.39 is 0 Å². The zero-order valence-corrected chi connectivity index (χ0v) is 15.8. The predicted octanol–water partition coefficient (Wildman–Crippen LogP) is 4.13. The number of aromatic nitrogens is 4. The van der Waals surface area contributed by atoms with E-state index in [-0.39, 0.29) is 18.0 Å². The minimum Gasteiger partial charge on any atom is -0.322 e. The van der Waals surface area contributed by atoms with Crippen LogP contribution in [0.15, 0.2) is 57.8 Å². The van der Waals surface area contributed by atoms with Gasteiger partial charge in [0.1, 0.15) is 0 Å². The lowest BCUT2D eigenvalue weighted by Crippen LogP contribution is -2.18. The van der Waals surface area contributed by atoms with Gasteiger partial charge < -0.3 is 4.98 Å². The van der Waals surface area contributed by atoms with Crippen molar-refractivity contribution in [1.29, 1.82) is 0 Å². The normalized spacial score (nSPS) is 10.8. The Balaban J connectivity index is 0.00000182. The average Bonchev–Trinajstić information content (AvgIpc) is 3.12. The zero-order valence-electron chi connectivity index (χ0n) is 13.4. The van der Waals surface area contributed by atoms with Crippen LogP contribution in [0.3, 0.4) is 0 Å². The molecule has 0 saturated heterocycles. The summed E-state index contributed by atoms with van der Waals surface area (Å²) < 4.78 is 2.50. The van der Waals surface area contributed by atoms with E-state index in [9.17, 15) is 4.79 Å². The van der Waals surface area contributed by atoms with Crippen molar-refractivity contribution < 1.29 is 0 Å². The number of aromatic amines is 2. The molecule has 0 spiro atoms. The van der Waals surface area contributed by atoms with Gasteiger partial charge in [-0.2, -0.15) is 4.68 Å². The van der Waals surface area contributed by atoms with Crippen molar-refractivity contribution in [3.63, 3.8) is 0 Å². The molecule has 0 aliphatic rings. The van der Waals surface area contributed by atoms with Crippen molar-refractivity contribution >= 4 is 39.4 Å². The van der Waals surface area contributed by atoms with E-state index in [1.807, 2.05) is 55.5 Å². The van der Waals surface area contributed by atoms with E-state index in [0.29, 0.717) is 12.4 Å². The van der Waals surface area contributed by atoms with Crippen LogP contribution in [0.1, 0.15) is 16.8 Å². The Morgan fingerprint density at radius 3 is 2.56 bits per heavy atom. The van der Waals surface area contributed by atoms with Gasteiger partial charge in [-0.25, -0.2) is 4.98 Å². The highest BCUT2D eigenvalue weighted by atomic mass is 79.9. The Labute approximate surface area is 158 Å². The molecule has 0 bridgehead atoms. The molecule has 128 valence electrons. The lowest BCUT2D eigenvalue weighted by molar-refractivity contribution is 0.790. The summed E-state index contributed by atoms with van der Waals surface area (Å²) in [7, 11) is 0. The topological polar surface area (TPSA) is 66.5 Å². The third-order valence-electron chi connectivity index (χ3n) is 4.08. The molecule has 4 rings (SSSR count). The van der Waals surface area contributed by atoms with Gasteiger partial charge in [-0.15, -0.1) is 12.4 Å². The molecule has 2 heterocycles. The molecule has 2 N–H and O–H groups in total. The van der Waals surface area contributed by atoms with Crippen LogP contribution in [0.2, 0.25) is 0 Å². The first-order valence-electron chi connectivity index (χ1n) is 7.62. The summed E-state index contributed by atoms with van der Waals surface area (Å²) in [5, 5.41) is 3.12. The largest absolute Gasteiger partial charge is 0.322 e. The third-order valence-corrected chi connectivity index (χ3v) is 4.60. The van der Waals surface area contributed by atoms with Crippen molar-refractivity contribution in [2.24, 2.45) is 0 Å². The molecule has 0 atom stereocenters. The molecule has 0 unspecified atom stereocenters. The Morgan fingerprint density at radius 1 is 1.12 bits per heavy atom. The Hall–Kier alpha value is -2.31. The van der Waals surface area contributed by atoms with Gasteiger partial charge in [0.2, 0.25) is 5.95 Å². The molecule has 5 nitrogen and oxygen atoms in total. The lowest BCUT2D eigenvalue weighted by atomic mass is 10.1. The highest BCUT2D eigenvalue weighted by Gasteiger charge is 2.15. The van der Waals surface area contributed by atoms with Crippen molar-refractivity contribution in [2.45, 2.75) is 13.3 Å². The summed E-state index contributed by atoms with van der Waals surface area (Å²) in [6.07, 6.45) is 0.585. The van der Waals surface area contributed by atoms with E-state index in [0.717, 1.165) is 32.3 Å². The zero-order chi connectivity index (χ0) is 16.7. The summed E-state index contributed by atoms with van der Waals surface area (Å²) in [4.78, 5) is 20.5.